The van der Waals surface area contributed by atoms with Crippen LogP contribution in [0.1, 0.15) is 34.5 Å². The van der Waals surface area contributed by atoms with E-state index in [1.165, 1.54) is 23.1 Å². The average Bonchev–Trinajstić information content (AvgIpc) is 3.72. The van der Waals surface area contributed by atoms with Crippen LogP contribution in [0.2, 0.25) is 0 Å². The topological polar surface area (TPSA) is 117 Å². The Labute approximate surface area is 203 Å². The monoisotopic (exact) mass is 496 g/mol. The molecule has 0 radical (unpaired) electrons. The quantitative estimate of drug-likeness (QED) is 0.371. The van der Waals surface area contributed by atoms with Crippen LogP contribution in [0.5, 0.6) is 0 Å². The van der Waals surface area contributed by atoms with Crippen LogP contribution in [0.15, 0.2) is 47.3 Å². The van der Waals surface area contributed by atoms with Crippen molar-refractivity contribution < 1.29 is 18.0 Å². The SMILES string of the molecule is N=C1CN(C(=O)c2cc(Cc3n[nH]c(=O)c4ccccc34)ccc2F)CCN1C(=N)C(F)(F)C1CC1. The molecule has 0 bridgehead atoms. The van der Waals surface area contributed by atoms with Crippen LogP contribution in [0.4, 0.5) is 13.2 Å². The Bertz CT molecular complexity index is 1450. The first-order valence-corrected chi connectivity index (χ1v) is 11.5. The molecule has 1 aliphatic heterocycles. The molecule has 1 saturated heterocycles. The molecule has 36 heavy (non-hydrogen) atoms. The highest BCUT2D eigenvalue weighted by atomic mass is 19.3. The maximum Gasteiger partial charge on any atom is 0.307 e. The van der Waals surface area contributed by atoms with Gasteiger partial charge in [-0.25, -0.2) is 9.49 Å². The van der Waals surface area contributed by atoms with Crippen LogP contribution in [-0.2, 0) is 6.42 Å². The summed E-state index contributed by atoms with van der Waals surface area (Å²) in [5.41, 5.74) is 0.611. The number of carbonyl (C=O) groups excluding carboxylic acids is 1. The zero-order valence-electron chi connectivity index (χ0n) is 19.2. The van der Waals surface area contributed by atoms with Crippen molar-refractivity contribution in [2.45, 2.75) is 25.2 Å². The van der Waals surface area contributed by atoms with E-state index in [4.69, 9.17) is 10.8 Å². The standard InChI is InChI=1S/C25H23F3N6O2/c26-19-8-5-14(12-20-16-3-1-2-4-17(16)22(35)32-31-20)11-18(19)23(36)33-9-10-34(21(29)13-33)24(30)25(27,28)15-6-7-15/h1-5,8,11,15,29-30H,6-7,9-10,12-13H2,(H,32,35). The van der Waals surface area contributed by atoms with Crippen molar-refractivity contribution in [3.63, 3.8) is 0 Å². The van der Waals surface area contributed by atoms with Crippen molar-refractivity contribution in [1.82, 2.24) is 20.0 Å². The molecule has 0 unspecified atom stereocenters. The van der Waals surface area contributed by atoms with E-state index in [1.54, 1.807) is 24.3 Å². The van der Waals surface area contributed by atoms with Crippen molar-refractivity contribution in [2.24, 2.45) is 5.92 Å². The number of nitrogens with one attached hydrogen (secondary N) is 3. The van der Waals surface area contributed by atoms with Gasteiger partial charge in [0.1, 0.15) is 11.7 Å². The molecule has 3 N–H and O–H groups in total. The van der Waals surface area contributed by atoms with Gasteiger partial charge in [-0.1, -0.05) is 24.3 Å². The highest BCUT2D eigenvalue weighted by Crippen LogP contribution is 2.44. The predicted octanol–water partition coefficient (Wildman–Crippen LogP) is 3.41. The summed E-state index contributed by atoms with van der Waals surface area (Å²) in [4.78, 5) is 27.3. The number of hydrogen-bond donors (Lipinski definition) is 3. The van der Waals surface area contributed by atoms with Crippen LogP contribution in [-0.4, -0.2) is 63.1 Å². The molecule has 1 saturated carbocycles. The molecule has 11 heteroatoms. The third-order valence-corrected chi connectivity index (χ3v) is 6.63. The van der Waals surface area contributed by atoms with Crippen molar-refractivity contribution in [3.05, 3.63) is 75.5 Å². The van der Waals surface area contributed by atoms with Gasteiger partial charge in [-0.15, -0.1) is 0 Å². The van der Waals surface area contributed by atoms with Gasteiger partial charge in [0.15, 0.2) is 5.84 Å². The second-order valence-corrected chi connectivity index (χ2v) is 9.11. The predicted molar refractivity (Wildman–Crippen MR) is 127 cm³/mol. The largest absolute Gasteiger partial charge is 0.329 e. The molecule has 2 aliphatic rings. The van der Waals surface area contributed by atoms with E-state index < -0.39 is 29.4 Å². The number of hydrogen-bond acceptors (Lipinski definition) is 5. The second kappa shape index (κ2) is 8.89. The summed E-state index contributed by atoms with van der Waals surface area (Å²) >= 11 is 0. The van der Waals surface area contributed by atoms with Crippen molar-refractivity contribution >= 4 is 28.4 Å². The van der Waals surface area contributed by atoms with Crippen LogP contribution < -0.4 is 5.56 Å². The fourth-order valence-corrected chi connectivity index (χ4v) is 4.46. The Morgan fingerprint density at radius 3 is 2.56 bits per heavy atom. The Kier molecular flexibility index (Phi) is 5.85. The number of fused-ring (bicyclic) bond motifs is 1. The number of rotatable bonds is 5. The van der Waals surface area contributed by atoms with Crippen LogP contribution >= 0.6 is 0 Å². The molecule has 5 rings (SSSR count). The Hall–Kier alpha value is -4.02. The molecule has 1 aliphatic carbocycles. The molecule has 1 aromatic heterocycles. The summed E-state index contributed by atoms with van der Waals surface area (Å²) < 4.78 is 43.4. The summed E-state index contributed by atoms with van der Waals surface area (Å²) in [6.45, 7) is -0.474. The van der Waals surface area contributed by atoms with Gasteiger partial charge in [0.2, 0.25) is 0 Å². The third kappa shape index (κ3) is 4.25. The Balaban J connectivity index is 1.34. The van der Waals surface area contributed by atoms with Gasteiger partial charge in [0.05, 0.1) is 23.2 Å². The number of carbonyl (C=O) groups is 1. The van der Waals surface area contributed by atoms with Crippen LogP contribution in [0.25, 0.3) is 10.8 Å². The second-order valence-electron chi connectivity index (χ2n) is 9.11. The zero-order chi connectivity index (χ0) is 25.6. The Morgan fingerprint density at radius 1 is 1.14 bits per heavy atom. The highest BCUT2D eigenvalue weighted by Gasteiger charge is 2.52. The van der Waals surface area contributed by atoms with E-state index in [0.29, 0.717) is 34.9 Å². The summed E-state index contributed by atoms with van der Waals surface area (Å²) in [5, 5.41) is 23.8. The molecule has 8 nitrogen and oxygen atoms in total. The summed E-state index contributed by atoms with van der Waals surface area (Å²) in [6, 6.07) is 11.0. The lowest BCUT2D eigenvalue weighted by molar-refractivity contribution is 0.0402. The van der Waals surface area contributed by atoms with Gasteiger partial charge in [-0.05, 0) is 36.6 Å². The van der Waals surface area contributed by atoms with Gasteiger partial charge in [0.25, 0.3) is 11.5 Å². The number of alkyl halides is 2. The van der Waals surface area contributed by atoms with E-state index in [-0.39, 0.29) is 43.0 Å². The smallest absolute Gasteiger partial charge is 0.307 e. The average molecular weight is 496 g/mol. The van der Waals surface area contributed by atoms with Gasteiger partial charge in [-0.2, -0.15) is 13.9 Å². The number of nitrogens with zero attached hydrogens (tertiary/aromatic N) is 3. The minimum atomic E-state index is -3.31. The van der Waals surface area contributed by atoms with E-state index in [1.807, 2.05) is 0 Å². The van der Waals surface area contributed by atoms with E-state index >= 15 is 0 Å². The van der Waals surface area contributed by atoms with E-state index in [9.17, 15) is 22.8 Å². The number of benzene rings is 2. The molecule has 2 aromatic carbocycles. The van der Waals surface area contributed by atoms with Gasteiger partial charge < -0.3 is 9.80 Å². The maximum absolute atomic E-state index is 14.7. The fourth-order valence-electron chi connectivity index (χ4n) is 4.46. The number of aromatic amines is 1. The first kappa shape index (κ1) is 23.7. The number of amidine groups is 2. The molecular weight excluding hydrogens is 473 g/mol. The van der Waals surface area contributed by atoms with Crippen LogP contribution in [0.3, 0.4) is 0 Å². The van der Waals surface area contributed by atoms with Crippen molar-refractivity contribution in [2.75, 3.05) is 19.6 Å². The Morgan fingerprint density at radius 2 is 1.86 bits per heavy atom. The van der Waals surface area contributed by atoms with E-state index in [2.05, 4.69) is 10.2 Å². The van der Waals surface area contributed by atoms with Gasteiger partial charge in [-0.3, -0.25) is 20.4 Å². The normalized spacial score (nSPS) is 16.5. The van der Waals surface area contributed by atoms with Crippen molar-refractivity contribution in [3.8, 4) is 0 Å². The van der Waals surface area contributed by atoms with Gasteiger partial charge in [0, 0.05) is 30.8 Å². The molecule has 3 aromatic rings. The first-order chi connectivity index (χ1) is 17.2. The highest BCUT2D eigenvalue weighted by molar-refractivity contribution is 6.05. The van der Waals surface area contributed by atoms with E-state index in [0.717, 1.165) is 4.90 Å². The minimum absolute atomic E-state index is 0.0277. The molecule has 1 amide bonds. The third-order valence-electron chi connectivity index (χ3n) is 6.63. The summed E-state index contributed by atoms with van der Waals surface area (Å²) in [6.07, 6.45) is 0.928. The lowest BCUT2D eigenvalue weighted by Gasteiger charge is -2.38. The molecule has 2 heterocycles. The fraction of sp³-hybridized carbons (Fsp3) is 0.320. The van der Waals surface area contributed by atoms with Crippen molar-refractivity contribution in [1.29, 1.82) is 10.8 Å². The number of aromatic nitrogens is 2. The number of amides is 1. The molecule has 0 spiro atoms. The molecule has 2 fully saturated rings. The maximum atomic E-state index is 14.7. The minimum Gasteiger partial charge on any atom is -0.329 e. The lowest BCUT2D eigenvalue weighted by atomic mass is 10.0. The summed E-state index contributed by atoms with van der Waals surface area (Å²) in [7, 11) is 0. The number of piperazine rings is 1. The number of halogens is 3. The van der Waals surface area contributed by atoms with Gasteiger partial charge >= 0.3 is 5.92 Å². The molecular formula is C25H23F3N6O2. The lowest BCUT2D eigenvalue weighted by Crippen LogP contribution is -2.57. The van der Waals surface area contributed by atoms with Crippen LogP contribution in [0, 0.1) is 22.6 Å². The first-order valence-electron chi connectivity index (χ1n) is 11.5. The molecule has 186 valence electrons. The summed E-state index contributed by atoms with van der Waals surface area (Å²) in [5.74, 6) is -6.82. The number of H-pyrrole nitrogens is 1. The molecule has 0 atom stereocenters. The zero-order valence-corrected chi connectivity index (χ0v) is 19.2.